The molecule has 1 aliphatic heterocycles. The highest BCUT2D eigenvalue weighted by molar-refractivity contribution is 5.55. The van der Waals surface area contributed by atoms with Crippen molar-refractivity contribution in [1.29, 1.82) is 0 Å². The molecule has 0 saturated carbocycles. The predicted molar refractivity (Wildman–Crippen MR) is 88.5 cm³/mol. The molecule has 0 aromatic heterocycles. The van der Waals surface area contributed by atoms with Crippen LogP contribution < -0.4 is 4.74 Å². The van der Waals surface area contributed by atoms with Crippen molar-refractivity contribution in [3.05, 3.63) is 36.4 Å². The fourth-order valence-electron chi connectivity index (χ4n) is 2.76. The lowest BCUT2D eigenvalue weighted by molar-refractivity contribution is -0.0868. The Balaban J connectivity index is 1.92. The maximum absolute atomic E-state index is 6.09. The van der Waals surface area contributed by atoms with Crippen molar-refractivity contribution in [3.8, 4) is 5.75 Å². The molecule has 0 aliphatic carbocycles. The minimum atomic E-state index is -0.120. The molecule has 0 N–H and O–H groups in total. The third kappa shape index (κ3) is 5.92. The van der Waals surface area contributed by atoms with E-state index in [2.05, 4.69) is 6.58 Å². The first-order chi connectivity index (χ1) is 10.4. The van der Waals surface area contributed by atoms with Gasteiger partial charge >= 0.3 is 0 Å². The molecule has 1 fully saturated rings. The van der Waals surface area contributed by atoms with Crippen LogP contribution in [0.15, 0.2) is 30.8 Å². The van der Waals surface area contributed by atoms with Gasteiger partial charge in [-0.25, -0.2) is 0 Å². The maximum Gasteiger partial charge on any atom is 0.199 e. The first kappa shape index (κ1) is 16.1. The molecule has 1 saturated heterocycles. The molecule has 1 aromatic carbocycles. The lowest BCUT2D eigenvalue weighted by Crippen LogP contribution is -2.22. The van der Waals surface area contributed by atoms with E-state index in [1.807, 2.05) is 30.3 Å². The van der Waals surface area contributed by atoms with E-state index in [1.165, 1.54) is 44.9 Å². The fourth-order valence-corrected chi connectivity index (χ4v) is 2.76. The third-order valence-corrected chi connectivity index (χ3v) is 4.04. The van der Waals surface area contributed by atoms with Crippen molar-refractivity contribution in [3.63, 3.8) is 0 Å². The van der Waals surface area contributed by atoms with E-state index in [0.29, 0.717) is 0 Å². The number of hydrogen-bond acceptors (Lipinski definition) is 2. The van der Waals surface area contributed by atoms with E-state index in [-0.39, 0.29) is 6.29 Å². The van der Waals surface area contributed by atoms with Gasteiger partial charge in [0.25, 0.3) is 0 Å². The van der Waals surface area contributed by atoms with Crippen LogP contribution in [0, 0.1) is 0 Å². The van der Waals surface area contributed by atoms with Crippen molar-refractivity contribution in [2.24, 2.45) is 0 Å². The van der Waals surface area contributed by atoms with E-state index >= 15 is 0 Å². The second-order valence-corrected chi connectivity index (χ2v) is 5.78. The van der Waals surface area contributed by atoms with Crippen molar-refractivity contribution < 1.29 is 9.47 Å². The molecule has 21 heavy (non-hydrogen) atoms. The Bertz CT molecular complexity index is 402. The standard InChI is InChI=1S/C19H28O2/c1-2-17-13-10-11-14-18(17)21-19-15-9-7-5-3-4-6-8-12-16-20-19/h2,10-11,13-14,19H,1,3-9,12,15-16H2. The van der Waals surface area contributed by atoms with Crippen molar-refractivity contribution in [1.82, 2.24) is 0 Å². The van der Waals surface area contributed by atoms with Gasteiger partial charge in [0.2, 0.25) is 0 Å². The highest BCUT2D eigenvalue weighted by atomic mass is 16.7. The van der Waals surface area contributed by atoms with Gasteiger partial charge in [0, 0.05) is 12.0 Å². The summed E-state index contributed by atoms with van der Waals surface area (Å²) in [6.07, 6.45) is 13.0. The van der Waals surface area contributed by atoms with Crippen LogP contribution in [0.4, 0.5) is 0 Å². The summed E-state index contributed by atoms with van der Waals surface area (Å²) >= 11 is 0. The first-order valence-electron chi connectivity index (χ1n) is 8.40. The van der Waals surface area contributed by atoms with Crippen LogP contribution in [0.25, 0.3) is 6.08 Å². The SMILES string of the molecule is C=Cc1ccccc1OC1CCCCCCCCCCO1. The van der Waals surface area contributed by atoms with Crippen LogP contribution in [-0.4, -0.2) is 12.9 Å². The van der Waals surface area contributed by atoms with Gasteiger partial charge in [-0.15, -0.1) is 0 Å². The van der Waals surface area contributed by atoms with Crippen molar-refractivity contribution in [2.45, 2.75) is 64.1 Å². The molecule has 2 nitrogen and oxygen atoms in total. The molecule has 1 aliphatic rings. The number of hydrogen-bond donors (Lipinski definition) is 0. The topological polar surface area (TPSA) is 18.5 Å². The van der Waals surface area contributed by atoms with Crippen LogP contribution in [0.2, 0.25) is 0 Å². The molecule has 0 spiro atoms. The van der Waals surface area contributed by atoms with Crippen molar-refractivity contribution in [2.75, 3.05) is 6.61 Å². The van der Waals surface area contributed by atoms with Gasteiger partial charge in [0.05, 0.1) is 6.61 Å². The van der Waals surface area contributed by atoms with Gasteiger partial charge < -0.3 is 9.47 Å². The third-order valence-electron chi connectivity index (χ3n) is 4.04. The average molecular weight is 288 g/mol. The van der Waals surface area contributed by atoms with Crippen LogP contribution >= 0.6 is 0 Å². The molecule has 0 bridgehead atoms. The van der Waals surface area contributed by atoms with E-state index in [4.69, 9.17) is 9.47 Å². The molecule has 2 rings (SSSR count). The van der Waals surface area contributed by atoms with Gasteiger partial charge in [-0.05, 0) is 18.9 Å². The minimum absolute atomic E-state index is 0.120. The molecule has 2 heteroatoms. The lowest BCUT2D eigenvalue weighted by atomic mass is 10.1. The zero-order valence-corrected chi connectivity index (χ0v) is 13.1. The largest absolute Gasteiger partial charge is 0.464 e. The first-order valence-corrected chi connectivity index (χ1v) is 8.40. The molecule has 0 radical (unpaired) electrons. The average Bonchev–Trinajstić information content (AvgIpc) is 2.50. The lowest BCUT2D eigenvalue weighted by Gasteiger charge is -2.21. The molecule has 1 aromatic rings. The van der Waals surface area contributed by atoms with Gasteiger partial charge in [0.15, 0.2) is 6.29 Å². The highest BCUT2D eigenvalue weighted by Gasteiger charge is 2.13. The summed E-state index contributed by atoms with van der Waals surface area (Å²) in [5, 5.41) is 0. The summed E-state index contributed by atoms with van der Waals surface area (Å²) in [5.74, 6) is 0.879. The minimum Gasteiger partial charge on any atom is -0.464 e. The summed E-state index contributed by atoms with van der Waals surface area (Å²) in [4.78, 5) is 0. The fraction of sp³-hybridized carbons (Fsp3) is 0.579. The van der Waals surface area contributed by atoms with Gasteiger partial charge in [0.1, 0.15) is 5.75 Å². The zero-order chi connectivity index (χ0) is 14.8. The second-order valence-electron chi connectivity index (χ2n) is 5.78. The van der Waals surface area contributed by atoms with E-state index in [0.717, 1.165) is 30.8 Å². The molecule has 0 amide bonds. The Kier molecular flexibility index (Phi) is 7.37. The summed E-state index contributed by atoms with van der Waals surface area (Å²) < 4.78 is 12.0. The summed E-state index contributed by atoms with van der Waals surface area (Å²) in [7, 11) is 0. The molecular formula is C19H28O2. The Hall–Kier alpha value is -1.28. The van der Waals surface area contributed by atoms with E-state index in [9.17, 15) is 0 Å². The molecule has 1 heterocycles. The molecule has 116 valence electrons. The van der Waals surface area contributed by atoms with Crippen LogP contribution in [0.5, 0.6) is 5.75 Å². The van der Waals surface area contributed by atoms with Gasteiger partial charge in [-0.3, -0.25) is 0 Å². The van der Waals surface area contributed by atoms with Crippen molar-refractivity contribution >= 4 is 6.08 Å². The Morgan fingerprint density at radius 1 is 0.952 bits per heavy atom. The van der Waals surface area contributed by atoms with E-state index < -0.39 is 0 Å². The number of rotatable bonds is 3. The number of benzene rings is 1. The number of ether oxygens (including phenoxy) is 2. The molecule has 1 unspecified atom stereocenters. The van der Waals surface area contributed by atoms with Gasteiger partial charge in [-0.1, -0.05) is 69.4 Å². The van der Waals surface area contributed by atoms with Crippen LogP contribution in [-0.2, 0) is 4.74 Å². The monoisotopic (exact) mass is 288 g/mol. The smallest absolute Gasteiger partial charge is 0.199 e. The van der Waals surface area contributed by atoms with E-state index in [1.54, 1.807) is 0 Å². The molecule has 1 atom stereocenters. The molecular weight excluding hydrogens is 260 g/mol. The Morgan fingerprint density at radius 2 is 1.62 bits per heavy atom. The van der Waals surface area contributed by atoms with Gasteiger partial charge in [-0.2, -0.15) is 0 Å². The number of para-hydroxylation sites is 1. The predicted octanol–water partition coefficient (Wildman–Crippen LogP) is 5.58. The van der Waals surface area contributed by atoms with Crippen LogP contribution in [0.1, 0.15) is 63.4 Å². The van der Waals surface area contributed by atoms with Crippen LogP contribution in [0.3, 0.4) is 0 Å². The Morgan fingerprint density at radius 3 is 2.38 bits per heavy atom. The summed E-state index contributed by atoms with van der Waals surface area (Å²) in [5.41, 5.74) is 1.03. The highest BCUT2D eigenvalue weighted by Crippen LogP contribution is 2.23. The zero-order valence-electron chi connectivity index (χ0n) is 13.1. The summed E-state index contributed by atoms with van der Waals surface area (Å²) in [6.45, 7) is 4.65. The Labute approximate surface area is 129 Å². The summed E-state index contributed by atoms with van der Waals surface area (Å²) in [6, 6.07) is 8.03. The normalized spacial score (nSPS) is 21.8. The second kappa shape index (κ2) is 9.62. The quantitative estimate of drug-likeness (QED) is 0.723. The maximum atomic E-state index is 6.09.